The van der Waals surface area contributed by atoms with E-state index in [0.717, 1.165) is 16.5 Å². The first-order chi connectivity index (χ1) is 13.8. The quantitative estimate of drug-likeness (QED) is 0.500. The maximum absolute atomic E-state index is 13.2. The third-order valence-electron chi connectivity index (χ3n) is 4.59. The Morgan fingerprint density at radius 1 is 1.07 bits per heavy atom. The fourth-order valence-electron chi connectivity index (χ4n) is 2.99. The molecule has 8 heteroatoms. The highest BCUT2D eigenvalue weighted by Gasteiger charge is 2.25. The summed E-state index contributed by atoms with van der Waals surface area (Å²) in [4.78, 5) is 4.60. The molecule has 2 aromatic carbocycles. The van der Waals surface area contributed by atoms with Gasteiger partial charge in [-0.3, -0.25) is 0 Å². The van der Waals surface area contributed by atoms with Gasteiger partial charge < -0.3 is 9.47 Å². The number of pyridine rings is 1. The largest absolute Gasteiger partial charge is 0.497 e. The highest BCUT2D eigenvalue weighted by molar-refractivity contribution is 7.89. The van der Waals surface area contributed by atoms with Crippen molar-refractivity contribution in [3.05, 3.63) is 64.8 Å². The fourth-order valence-corrected chi connectivity index (χ4v) is 4.60. The van der Waals surface area contributed by atoms with Gasteiger partial charge in [0, 0.05) is 31.1 Å². The Morgan fingerprint density at radius 3 is 2.45 bits per heavy atom. The molecule has 154 valence electrons. The van der Waals surface area contributed by atoms with E-state index < -0.39 is 10.0 Å². The summed E-state index contributed by atoms with van der Waals surface area (Å²) in [5, 5.41) is 1.20. The second kappa shape index (κ2) is 9.09. The molecule has 0 atom stereocenters. The van der Waals surface area contributed by atoms with Crippen molar-refractivity contribution in [3.8, 4) is 5.75 Å². The van der Waals surface area contributed by atoms with Gasteiger partial charge in [-0.2, -0.15) is 4.31 Å². The van der Waals surface area contributed by atoms with Crippen molar-refractivity contribution < 1.29 is 17.9 Å². The van der Waals surface area contributed by atoms with Crippen LogP contribution in [0.4, 0.5) is 0 Å². The third kappa shape index (κ3) is 4.87. The molecule has 0 aliphatic heterocycles. The van der Waals surface area contributed by atoms with Gasteiger partial charge in [0.15, 0.2) is 0 Å². The fraction of sp³-hybridized carbons (Fsp3) is 0.286. The van der Waals surface area contributed by atoms with E-state index in [4.69, 9.17) is 21.1 Å². The molecule has 0 aliphatic carbocycles. The van der Waals surface area contributed by atoms with Crippen molar-refractivity contribution >= 4 is 32.5 Å². The van der Waals surface area contributed by atoms with Crippen LogP contribution in [-0.4, -0.2) is 45.1 Å². The monoisotopic (exact) mass is 434 g/mol. The molecule has 0 aliphatic rings. The molecule has 0 bridgehead atoms. The summed E-state index contributed by atoms with van der Waals surface area (Å²) in [6.45, 7) is 2.53. The standard InChI is InChI=1S/C21H23ClN2O4S/c1-15-4-9-20-16(12-15)13-17(21(22)23-20)14-24(10-11-27-2)29(25,26)19-7-5-18(28-3)6-8-19/h4-9,12-13H,10-11,14H2,1-3H3. The van der Waals surface area contributed by atoms with Gasteiger partial charge in [-0.25, -0.2) is 13.4 Å². The van der Waals surface area contributed by atoms with Gasteiger partial charge in [0.25, 0.3) is 0 Å². The van der Waals surface area contributed by atoms with Crippen LogP contribution in [0.3, 0.4) is 0 Å². The highest BCUT2D eigenvalue weighted by atomic mass is 35.5. The molecule has 0 fully saturated rings. The number of aromatic nitrogens is 1. The molecule has 29 heavy (non-hydrogen) atoms. The van der Waals surface area contributed by atoms with Gasteiger partial charge in [-0.15, -0.1) is 0 Å². The van der Waals surface area contributed by atoms with Crippen molar-refractivity contribution in [1.29, 1.82) is 0 Å². The normalized spacial score (nSPS) is 11.9. The molecule has 1 heterocycles. The lowest BCUT2D eigenvalue weighted by Gasteiger charge is -2.22. The molecular formula is C21H23ClN2O4S. The molecule has 1 aromatic heterocycles. The molecule has 0 radical (unpaired) electrons. The average Bonchev–Trinajstić information content (AvgIpc) is 2.71. The summed E-state index contributed by atoms with van der Waals surface area (Å²) in [5.74, 6) is 0.588. The first kappa shape index (κ1) is 21.5. The van der Waals surface area contributed by atoms with Crippen molar-refractivity contribution in [2.45, 2.75) is 18.4 Å². The number of ether oxygens (including phenoxy) is 2. The number of rotatable bonds is 8. The van der Waals surface area contributed by atoms with E-state index >= 15 is 0 Å². The number of methoxy groups -OCH3 is 2. The number of fused-ring (bicyclic) bond motifs is 1. The second-order valence-electron chi connectivity index (χ2n) is 6.64. The molecule has 3 aromatic rings. The lowest BCUT2D eigenvalue weighted by atomic mass is 10.1. The molecule has 0 unspecified atom stereocenters. The van der Waals surface area contributed by atoms with Crippen molar-refractivity contribution in [1.82, 2.24) is 9.29 Å². The number of sulfonamides is 1. The Kier molecular flexibility index (Phi) is 6.74. The summed E-state index contributed by atoms with van der Waals surface area (Å²) in [6.07, 6.45) is 0. The molecule has 0 saturated heterocycles. The number of halogens is 1. The van der Waals surface area contributed by atoms with Gasteiger partial charge in [-0.1, -0.05) is 23.2 Å². The number of aryl methyl sites for hydroxylation is 1. The molecular weight excluding hydrogens is 412 g/mol. The zero-order valence-electron chi connectivity index (χ0n) is 16.6. The minimum Gasteiger partial charge on any atom is -0.497 e. The number of hydrogen-bond donors (Lipinski definition) is 0. The summed E-state index contributed by atoms with van der Waals surface area (Å²) >= 11 is 6.38. The number of nitrogens with zero attached hydrogens (tertiary/aromatic N) is 2. The van der Waals surface area contributed by atoms with Crippen molar-refractivity contribution in [2.24, 2.45) is 0 Å². The summed E-state index contributed by atoms with van der Waals surface area (Å²) in [5.41, 5.74) is 2.50. The van der Waals surface area contributed by atoms with Crippen LogP contribution in [0, 0.1) is 6.92 Å². The molecule has 0 spiro atoms. The molecule has 0 saturated carbocycles. The van der Waals surface area contributed by atoms with E-state index in [-0.39, 0.29) is 29.7 Å². The van der Waals surface area contributed by atoms with Crippen LogP contribution in [-0.2, 0) is 21.3 Å². The third-order valence-corrected chi connectivity index (χ3v) is 6.77. The lowest BCUT2D eigenvalue weighted by Crippen LogP contribution is -2.33. The second-order valence-corrected chi connectivity index (χ2v) is 8.94. The lowest BCUT2D eigenvalue weighted by molar-refractivity contribution is 0.177. The van der Waals surface area contributed by atoms with Crippen molar-refractivity contribution in [3.63, 3.8) is 0 Å². The van der Waals surface area contributed by atoms with Gasteiger partial charge in [0.05, 0.1) is 24.1 Å². The smallest absolute Gasteiger partial charge is 0.243 e. The van der Waals surface area contributed by atoms with E-state index in [1.54, 1.807) is 12.1 Å². The first-order valence-corrected chi connectivity index (χ1v) is 10.9. The van der Waals surface area contributed by atoms with E-state index in [0.29, 0.717) is 11.3 Å². The predicted molar refractivity (Wildman–Crippen MR) is 114 cm³/mol. The average molecular weight is 435 g/mol. The molecule has 6 nitrogen and oxygen atoms in total. The minimum atomic E-state index is -3.76. The van der Waals surface area contributed by atoms with Crippen LogP contribution < -0.4 is 4.74 Å². The zero-order chi connectivity index (χ0) is 21.0. The Bertz CT molecular complexity index is 1100. The summed E-state index contributed by atoms with van der Waals surface area (Å²) < 4.78 is 38.1. The van der Waals surface area contributed by atoms with Gasteiger partial charge in [0.1, 0.15) is 10.9 Å². The topological polar surface area (TPSA) is 68.7 Å². The maximum atomic E-state index is 13.2. The van der Waals surface area contributed by atoms with Gasteiger partial charge >= 0.3 is 0 Å². The Morgan fingerprint density at radius 2 is 1.79 bits per heavy atom. The van der Waals surface area contributed by atoms with E-state index in [1.807, 2.05) is 31.2 Å². The van der Waals surface area contributed by atoms with Crippen LogP contribution in [0.5, 0.6) is 5.75 Å². The SMILES string of the molecule is COCCN(Cc1cc2cc(C)ccc2nc1Cl)S(=O)(=O)c1ccc(OC)cc1. The first-order valence-electron chi connectivity index (χ1n) is 9.04. The molecule has 0 N–H and O–H groups in total. The maximum Gasteiger partial charge on any atom is 0.243 e. The molecule has 3 rings (SSSR count). The van der Waals surface area contributed by atoms with Crippen LogP contribution in [0.25, 0.3) is 10.9 Å². The number of hydrogen-bond acceptors (Lipinski definition) is 5. The van der Waals surface area contributed by atoms with Crippen LogP contribution in [0.1, 0.15) is 11.1 Å². The Balaban J connectivity index is 1.98. The van der Waals surface area contributed by atoms with Crippen LogP contribution >= 0.6 is 11.6 Å². The Hall–Kier alpha value is -2.19. The van der Waals surface area contributed by atoms with E-state index in [2.05, 4.69) is 4.98 Å². The van der Waals surface area contributed by atoms with Crippen LogP contribution in [0.2, 0.25) is 5.15 Å². The molecule has 0 amide bonds. The number of benzene rings is 2. The van der Waals surface area contributed by atoms with E-state index in [1.165, 1.54) is 30.7 Å². The minimum absolute atomic E-state index is 0.0907. The van der Waals surface area contributed by atoms with Crippen molar-refractivity contribution in [2.75, 3.05) is 27.4 Å². The Labute approximate surface area is 176 Å². The van der Waals surface area contributed by atoms with Crippen LogP contribution in [0.15, 0.2) is 53.4 Å². The van der Waals surface area contributed by atoms with E-state index in [9.17, 15) is 8.42 Å². The van der Waals surface area contributed by atoms with Gasteiger partial charge in [0.2, 0.25) is 10.0 Å². The summed E-state index contributed by atoms with van der Waals surface area (Å²) in [7, 11) is -0.698. The highest BCUT2D eigenvalue weighted by Crippen LogP contribution is 2.26. The van der Waals surface area contributed by atoms with Gasteiger partial charge in [-0.05, 0) is 49.4 Å². The predicted octanol–water partition coefficient (Wildman–Crippen LogP) is 4.04. The zero-order valence-corrected chi connectivity index (χ0v) is 18.1. The summed E-state index contributed by atoms with van der Waals surface area (Å²) in [6, 6.07) is 14.0.